The topological polar surface area (TPSA) is 56.0 Å². The van der Waals surface area contributed by atoms with Crippen molar-refractivity contribution in [1.29, 1.82) is 0 Å². The minimum atomic E-state index is 0.169. The maximum atomic E-state index is 12.0. The molecular weight excluding hydrogens is 188 g/mol. The first-order chi connectivity index (χ1) is 7.27. The predicted molar refractivity (Wildman–Crippen MR) is 59.6 cm³/mol. The normalized spacial score (nSPS) is 17.6. The Hall–Kier alpha value is -1.38. The zero-order valence-electron chi connectivity index (χ0n) is 8.78. The minimum absolute atomic E-state index is 0.169. The maximum absolute atomic E-state index is 12.0. The molecule has 2 N–H and O–H groups in total. The first kappa shape index (κ1) is 10.1. The summed E-state index contributed by atoms with van der Waals surface area (Å²) in [5.41, 5.74) is 6.09. The van der Waals surface area contributed by atoms with Crippen LogP contribution in [0.2, 0.25) is 0 Å². The van der Waals surface area contributed by atoms with Gasteiger partial charge in [-0.05, 0) is 25.0 Å². The van der Waals surface area contributed by atoms with Crippen molar-refractivity contribution >= 4 is 11.6 Å². The predicted octanol–water partition coefficient (Wildman–Crippen LogP) is 2.43. The molecule has 1 aromatic rings. The van der Waals surface area contributed by atoms with Gasteiger partial charge in [0.1, 0.15) is 11.5 Å². The van der Waals surface area contributed by atoms with Gasteiger partial charge in [-0.2, -0.15) is 0 Å². The lowest BCUT2D eigenvalue weighted by Crippen LogP contribution is -2.19. The summed E-state index contributed by atoms with van der Waals surface area (Å²) in [6, 6.07) is 5.25. The summed E-state index contributed by atoms with van der Waals surface area (Å²) >= 11 is 0. The number of nitrogens with two attached hydrogens (primary N) is 1. The number of hydrogen-bond acceptors (Lipinski definition) is 3. The number of rotatable bonds is 2. The van der Waals surface area contributed by atoms with Crippen LogP contribution in [-0.2, 0) is 0 Å². The van der Waals surface area contributed by atoms with Crippen molar-refractivity contribution in [3.8, 4) is 0 Å². The second kappa shape index (κ2) is 4.43. The van der Waals surface area contributed by atoms with E-state index in [1.165, 1.54) is 19.3 Å². The van der Waals surface area contributed by atoms with Gasteiger partial charge in [0.05, 0.1) is 0 Å². The number of nitrogens with zero attached hydrogens (tertiary/aromatic N) is 1. The van der Waals surface area contributed by atoms with Gasteiger partial charge in [0.25, 0.3) is 0 Å². The van der Waals surface area contributed by atoms with Crippen molar-refractivity contribution in [1.82, 2.24) is 4.98 Å². The molecule has 0 spiro atoms. The number of ketones is 1. The Bertz CT molecular complexity index is 356. The highest BCUT2D eigenvalue weighted by Crippen LogP contribution is 2.26. The summed E-state index contributed by atoms with van der Waals surface area (Å²) in [4.78, 5) is 16.1. The number of pyridine rings is 1. The van der Waals surface area contributed by atoms with E-state index in [-0.39, 0.29) is 11.7 Å². The smallest absolute Gasteiger partial charge is 0.184 e. The molecule has 0 radical (unpaired) electrons. The molecule has 3 heteroatoms. The van der Waals surface area contributed by atoms with E-state index in [4.69, 9.17) is 5.73 Å². The van der Waals surface area contributed by atoms with Crippen molar-refractivity contribution in [2.24, 2.45) is 5.92 Å². The van der Waals surface area contributed by atoms with Gasteiger partial charge in [0.15, 0.2) is 5.78 Å². The molecule has 0 bridgehead atoms. The van der Waals surface area contributed by atoms with E-state index in [0.717, 1.165) is 12.8 Å². The molecule has 0 atom stereocenters. The summed E-state index contributed by atoms with van der Waals surface area (Å²) in [6.07, 6.45) is 5.61. The Balaban J connectivity index is 2.12. The van der Waals surface area contributed by atoms with Crippen LogP contribution in [0.25, 0.3) is 0 Å². The standard InChI is InChI=1S/C12H16N2O/c13-11-8-4-7-10(14-11)12(15)9-5-2-1-3-6-9/h4,7-9H,1-3,5-6H2,(H2,13,14). The molecule has 0 unspecified atom stereocenters. The molecular formula is C12H16N2O. The Labute approximate surface area is 89.7 Å². The van der Waals surface area contributed by atoms with E-state index in [1.807, 2.05) is 0 Å². The average molecular weight is 204 g/mol. The third-order valence-corrected chi connectivity index (χ3v) is 3.00. The minimum Gasteiger partial charge on any atom is -0.384 e. The van der Waals surface area contributed by atoms with E-state index in [9.17, 15) is 4.79 Å². The molecule has 0 aromatic carbocycles. The van der Waals surface area contributed by atoms with Crippen LogP contribution < -0.4 is 5.73 Å². The molecule has 1 saturated carbocycles. The summed E-state index contributed by atoms with van der Waals surface area (Å²) < 4.78 is 0. The molecule has 3 nitrogen and oxygen atoms in total. The molecule has 1 heterocycles. The molecule has 1 aliphatic rings. The van der Waals surface area contributed by atoms with Crippen molar-refractivity contribution in [2.45, 2.75) is 32.1 Å². The van der Waals surface area contributed by atoms with Crippen LogP contribution >= 0.6 is 0 Å². The van der Waals surface area contributed by atoms with Gasteiger partial charge in [0, 0.05) is 5.92 Å². The summed E-state index contributed by atoms with van der Waals surface area (Å²) in [5, 5.41) is 0. The van der Waals surface area contributed by atoms with Gasteiger partial charge < -0.3 is 5.73 Å². The Morgan fingerprint density at radius 2 is 2.00 bits per heavy atom. The van der Waals surface area contributed by atoms with E-state index in [1.54, 1.807) is 18.2 Å². The first-order valence-corrected chi connectivity index (χ1v) is 5.54. The molecule has 0 saturated heterocycles. The SMILES string of the molecule is Nc1cccc(C(=O)C2CCCCC2)n1. The van der Waals surface area contributed by atoms with Crippen molar-refractivity contribution in [3.63, 3.8) is 0 Å². The Morgan fingerprint density at radius 1 is 1.27 bits per heavy atom. The van der Waals surface area contributed by atoms with Gasteiger partial charge in [-0.3, -0.25) is 4.79 Å². The van der Waals surface area contributed by atoms with Crippen LogP contribution in [-0.4, -0.2) is 10.8 Å². The van der Waals surface area contributed by atoms with Crippen LogP contribution in [0.15, 0.2) is 18.2 Å². The monoisotopic (exact) mass is 204 g/mol. The summed E-state index contributed by atoms with van der Waals surface area (Å²) in [6.45, 7) is 0. The van der Waals surface area contributed by atoms with E-state index in [0.29, 0.717) is 11.5 Å². The van der Waals surface area contributed by atoms with E-state index < -0.39 is 0 Å². The van der Waals surface area contributed by atoms with Crippen LogP contribution in [0, 0.1) is 5.92 Å². The van der Waals surface area contributed by atoms with Crippen LogP contribution in [0.3, 0.4) is 0 Å². The number of aromatic nitrogens is 1. The Morgan fingerprint density at radius 3 is 2.67 bits per heavy atom. The molecule has 1 fully saturated rings. The van der Waals surface area contributed by atoms with Gasteiger partial charge >= 0.3 is 0 Å². The van der Waals surface area contributed by atoms with E-state index >= 15 is 0 Å². The zero-order valence-corrected chi connectivity index (χ0v) is 8.78. The summed E-state index contributed by atoms with van der Waals surface area (Å²) in [7, 11) is 0. The van der Waals surface area contributed by atoms with Crippen LogP contribution in [0.4, 0.5) is 5.82 Å². The maximum Gasteiger partial charge on any atom is 0.184 e. The zero-order chi connectivity index (χ0) is 10.7. The van der Waals surface area contributed by atoms with Crippen molar-refractivity contribution in [3.05, 3.63) is 23.9 Å². The molecule has 15 heavy (non-hydrogen) atoms. The Kier molecular flexibility index (Phi) is 2.99. The second-order valence-corrected chi connectivity index (χ2v) is 4.15. The fourth-order valence-corrected chi connectivity index (χ4v) is 2.16. The van der Waals surface area contributed by atoms with Crippen molar-refractivity contribution in [2.75, 3.05) is 5.73 Å². The molecule has 1 aliphatic carbocycles. The summed E-state index contributed by atoms with van der Waals surface area (Å²) in [5.74, 6) is 0.770. The molecule has 80 valence electrons. The average Bonchev–Trinajstić information content (AvgIpc) is 2.29. The largest absolute Gasteiger partial charge is 0.384 e. The third kappa shape index (κ3) is 2.35. The number of nitrogen functional groups attached to an aromatic ring is 1. The highest BCUT2D eigenvalue weighted by Gasteiger charge is 2.23. The third-order valence-electron chi connectivity index (χ3n) is 3.00. The van der Waals surface area contributed by atoms with Gasteiger partial charge in [0.2, 0.25) is 0 Å². The second-order valence-electron chi connectivity index (χ2n) is 4.15. The van der Waals surface area contributed by atoms with E-state index in [2.05, 4.69) is 4.98 Å². The fraction of sp³-hybridized carbons (Fsp3) is 0.500. The number of Topliss-reactive ketones (excluding diaryl/α,β-unsaturated/α-hetero) is 1. The number of anilines is 1. The van der Waals surface area contributed by atoms with Gasteiger partial charge in [-0.25, -0.2) is 4.98 Å². The number of carbonyl (C=O) groups is 1. The molecule has 2 rings (SSSR count). The first-order valence-electron chi connectivity index (χ1n) is 5.54. The van der Waals surface area contributed by atoms with Gasteiger partial charge in [-0.1, -0.05) is 25.3 Å². The van der Waals surface area contributed by atoms with Crippen molar-refractivity contribution < 1.29 is 4.79 Å². The molecule has 0 aliphatic heterocycles. The van der Waals surface area contributed by atoms with Gasteiger partial charge in [-0.15, -0.1) is 0 Å². The lowest BCUT2D eigenvalue weighted by atomic mass is 9.85. The van der Waals surface area contributed by atoms with Crippen LogP contribution in [0.1, 0.15) is 42.6 Å². The molecule has 1 aromatic heterocycles. The highest BCUT2D eigenvalue weighted by atomic mass is 16.1. The molecule has 0 amide bonds. The highest BCUT2D eigenvalue weighted by molar-refractivity contribution is 5.96. The van der Waals surface area contributed by atoms with Crippen LogP contribution in [0.5, 0.6) is 0 Å². The number of hydrogen-bond donors (Lipinski definition) is 1. The fourth-order valence-electron chi connectivity index (χ4n) is 2.16. The number of carbonyl (C=O) groups excluding carboxylic acids is 1. The quantitative estimate of drug-likeness (QED) is 0.753. The lowest BCUT2D eigenvalue weighted by molar-refractivity contribution is 0.0884. The lowest BCUT2D eigenvalue weighted by Gasteiger charge is -2.19.